The van der Waals surface area contributed by atoms with E-state index in [1.165, 1.54) is 31.2 Å². The molecule has 1 N–H and O–H groups in total. The van der Waals surface area contributed by atoms with Crippen LogP contribution in [0.25, 0.3) is 0 Å². The van der Waals surface area contributed by atoms with Crippen LogP contribution in [-0.2, 0) is 6.42 Å². The van der Waals surface area contributed by atoms with Crippen LogP contribution in [-0.4, -0.2) is 17.3 Å². The van der Waals surface area contributed by atoms with Gasteiger partial charge in [0, 0.05) is 16.9 Å². The lowest BCUT2D eigenvalue weighted by atomic mass is 9.89. The van der Waals surface area contributed by atoms with Gasteiger partial charge in [0.15, 0.2) is 0 Å². The van der Waals surface area contributed by atoms with Crippen LogP contribution in [0.2, 0.25) is 0 Å². The molecule has 0 aliphatic heterocycles. The van der Waals surface area contributed by atoms with Gasteiger partial charge in [-0.05, 0) is 49.3 Å². The summed E-state index contributed by atoms with van der Waals surface area (Å²) in [5.41, 5.74) is 2.04. The normalized spacial score (nSPS) is 23.1. The van der Waals surface area contributed by atoms with E-state index < -0.39 is 0 Å². The van der Waals surface area contributed by atoms with Gasteiger partial charge < -0.3 is 5.32 Å². The summed E-state index contributed by atoms with van der Waals surface area (Å²) in [6.07, 6.45) is 5.95. The molecule has 0 saturated heterocycles. The number of carbonyl (C=O) groups is 1. The highest BCUT2D eigenvalue weighted by Gasteiger charge is 2.20. The molecule has 0 bridgehead atoms. The summed E-state index contributed by atoms with van der Waals surface area (Å²) in [5, 5.41) is 3.07. The van der Waals surface area contributed by atoms with Crippen molar-refractivity contribution >= 4 is 21.8 Å². The van der Waals surface area contributed by atoms with Gasteiger partial charge in [-0.2, -0.15) is 0 Å². The SMILES string of the molecule is CCc1ccc(C(=O)NCC2CCCC(Br)C2)cc1. The predicted octanol–water partition coefficient (Wildman–Crippen LogP) is 3.93. The highest BCUT2D eigenvalue weighted by molar-refractivity contribution is 9.09. The van der Waals surface area contributed by atoms with Crippen LogP contribution in [0.5, 0.6) is 0 Å². The molecule has 3 heteroatoms. The predicted molar refractivity (Wildman–Crippen MR) is 82.8 cm³/mol. The van der Waals surface area contributed by atoms with Crippen LogP contribution in [0.3, 0.4) is 0 Å². The molecule has 1 amide bonds. The molecule has 0 spiro atoms. The Morgan fingerprint density at radius 3 is 2.68 bits per heavy atom. The number of carbonyl (C=O) groups excluding carboxylic acids is 1. The molecule has 0 aromatic heterocycles. The van der Waals surface area contributed by atoms with Gasteiger partial charge in [0.1, 0.15) is 0 Å². The summed E-state index contributed by atoms with van der Waals surface area (Å²) in [6, 6.07) is 7.90. The summed E-state index contributed by atoms with van der Waals surface area (Å²) < 4.78 is 0. The van der Waals surface area contributed by atoms with Crippen LogP contribution in [0, 0.1) is 5.92 Å². The third-order valence-electron chi connectivity index (χ3n) is 3.89. The Hall–Kier alpha value is -0.830. The first kappa shape index (κ1) is 14.6. The molecule has 1 aliphatic carbocycles. The Kier molecular flexibility index (Phi) is 5.44. The fourth-order valence-corrected chi connectivity index (χ4v) is 3.49. The summed E-state index contributed by atoms with van der Waals surface area (Å²) in [5.74, 6) is 0.677. The molecule has 19 heavy (non-hydrogen) atoms. The smallest absolute Gasteiger partial charge is 0.251 e. The van der Waals surface area contributed by atoms with Crippen molar-refractivity contribution in [3.63, 3.8) is 0 Å². The average Bonchev–Trinajstić information content (AvgIpc) is 2.45. The van der Waals surface area contributed by atoms with E-state index in [1.54, 1.807) is 0 Å². The number of halogens is 1. The first-order valence-electron chi connectivity index (χ1n) is 7.20. The number of alkyl halides is 1. The molecule has 104 valence electrons. The van der Waals surface area contributed by atoms with Gasteiger partial charge in [-0.25, -0.2) is 0 Å². The molecule has 2 atom stereocenters. The Morgan fingerprint density at radius 1 is 1.32 bits per heavy atom. The van der Waals surface area contributed by atoms with Crippen LogP contribution < -0.4 is 5.32 Å². The standard InChI is InChI=1S/C16H22BrNO/c1-2-12-6-8-14(9-7-12)16(19)18-11-13-4-3-5-15(17)10-13/h6-9,13,15H,2-5,10-11H2,1H3,(H,18,19). The van der Waals surface area contributed by atoms with Crippen LogP contribution in [0.1, 0.15) is 48.5 Å². The molecule has 1 aromatic rings. The van der Waals surface area contributed by atoms with Gasteiger partial charge in [-0.1, -0.05) is 41.4 Å². The molecule has 1 aliphatic rings. The second kappa shape index (κ2) is 7.09. The second-order valence-corrected chi connectivity index (χ2v) is 6.69. The number of hydrogen-bond acceptors (Lipinski definition) is 1. The number of hydrogen-bond donors (Lipinski definition) is 1. The zero-order chi connectivity index (χ0) is 13.7. The Balaban J connectivity index is 1.83. The maximum atomic E-state index is 12.0. The van der Waals surface area contributed by atoms with Gasteiger partial charge in [0.25, 0.3) is 5.91 Å². The molecule has 2 rings (SSSR count). The number of rotatable bonds is 4. The lowest BCUT2D eigenvalue weighted by molar-refractivity contribution is 0.0944. The van der Waals surface area contributed by atoms with E-state index in [1.807, 2.05) is 24.3 Å². The molecule has 0 heterocycles. The topological polar surface area (TPSA) is 29.1 Å². The van der Waals surface area contributed by atoms with E-state index in [2.05, 4.69) is 28.2 Å². The minimum absolute atomic E-state index is 0.0550. The van der Waals surface area contributed by atoms with Crippen molar-refractivity contribution in [2.75, 3.05) is 6.54 Å². The van der Waals surface area contributed by atoms with E-state index in [9.17, 15) is 4.79 Å². The van der Waals surface area contributed by atoms with Gasteiger partial charge in [-0.3, -0.25) is 4.79 Å². The van der Waals surface area contributed by atoms with E-state index in [4.69, 9.17) is 0 Å². The molecule has 2 unspecified atom stereocenters. The van der Waals surface area contributed by atoms with Gasteiger partial charge in [-0.15, -0.1) is 0 Å². The first-order chi connectivity index (χ1) is 9.19. The zero-order valence-electron chi connectivity index (χ0n) is 11.5. The molecule has 1 aromatic carbocycles. The molecular formula is C16H22BrNO. The molecule has 1 saturated carbocycles. The van der Waals surface area contributed by atoms with Crippen molar-refractivity contribution in [3.8, 4) is 0 Å². The van der Waals surface area contributed by atoms with Gasteiger partial charge >= 0.3 is 0 Å². The fourth-order valence-electron chi connectivity index (χ4n) is 2.64. The third kappa shape index (κ3) is 4.34. The molecular weight excluding hydrogens is 302 g/mol. The van der Waals surface area contributed by atoms with Crippen molar-refractivity contribution in [2.24, 2.45) is 5.92 Å². The fraction of sp³-hybridized carbons (Fsp3) is 0.562. The van der Waals surface area contributed by atoms with Crippen LogP contribution in [0.15, 0.2) is 24.3 Å². The zero-order valence-corrected chi connectivity index (χ0v) is 13.1. The Bertz CT molecular complexity index is 415. The van der Waals surface area contributed by atoms with E-state index in [0.29, 0.717) is 10.7 Å². The van der Waals surface area contributed by atoms with E-state index >= 15 is 0 Å². The molecule has 1 fully saturated rings. The highest BCUT2D eigenvalue weighted by Crippen LogP contribution is 2.28. The minimum Gasteiger partial charge on any atom is -0.352 e. The largest absolute Gasteiger partial charge is 0.352 e. The quantitative estimate of drug-likeness (QED) is 0.835. The highest BCUT2D eigenvalue weighted by atomic mass is 79.9. The van der Waals surface area contributed by atoms with Crippen LogP contribution >= 0.6 is 15.9 Å². The Labute approximate surface area is 124 Å². The lowest BCUT2D eigenvalue weighted by Crippen LogP contribution is -2.31. The van der Waals surface area contributed by atoms with E-state index in [0.717, 1.165) is 18.5 Å². The van der Waals surface area contributed by atoms with Crippen molar-refractivity contribution in [1.82, 2.24) is 5.32 Å². The first-order valence-corrected chi connectivity index (χ1v) is 8.11. The lowest BCUT2D eigenvalue weighted by Gasteiger charge is -2.25. The van der Waals surface area contributed by atoms with Gasteiger partial charge in [0.2, 0.25) is 0 Å². The minimum atomic E-state index is 0.0550. The van der Waals surface area contributed by atoms with Gasteiger partial charge in [0.05, 0.1) is 0 Å². The maximum Gasteiger partial charge on any atom is 0.251 e. The van der Waals surface area contributed by atoms with Crippen molar-refractivity contribution in [3.05, 3.63) is 35.4 Å². The summed E-state index contributed by atoms with van der Waals surface area (Å²) >= 11 is 3.68. The average molecular weight is 324 g/mol. The number of amides is 1. The van der Waals surface area contributed by atoms with Crippen molar-refractivity contribution in [2.45, 2.75) is 43.9 Å². The molecule has 0 radical (unpaired) electrons. The number of benzene rings is 1. The third-order valence-corrected chi connectivity index (χ3v) is 4.73. The summed E-state index contributed by atoms with van der Waals surface area (Å²) in [6.45, 7) is 2.92. The second-order valence-electron chi connectivity index (χ2n) is 5.39. The number of aryl methyl sites for hydroxylation is 1. The van der Waals surface area contributed by atoms with Crippen molar-refractivity contribution < 1.29 is 4.79 Å². The number of nitrogens with one attached hydrogen (secondary N) is 1. The maximum absolute atomic E-state index is 12.0. The van der Waals surface area contributed by atoms with Crippen molar-refractivity contribution in [1.29, 1.82) is 0 Å². The van der Waals surface area contributed by atoms with E-state index in [-0.39, 0.29) is 5.91 Å². The molecule has 2 nitrogen and oxygen atoms in total. The summed E-state index contributed by atoms with van der Waals surface area (Å²) in [7, 11) is 0. The Morgan fingerprint density at radius 2 is 2.05 bits per heavy atom. The van der Waals surface area contributed by atoms with Crippen LogP contribution in [0.4, 0.5) is 0 Å². The summed E-state index contributed by atoms with van der Waals surface area (Å²) in [4.78, 5) is 12.7. The monoisotopic (exact) mass is 323 g/mol.